The van der Waals surface area contributed by atoms with E-state index in [2.05, 4.69) is 26.2 Å². The van der Waals surface area contributed by atoms with Gasteiger partial charge in [-0.2, -0.15) is 4.98 Å². The monoisotopic (exact) mass is 572 g/mol. The summed E-state index contributed by atoms with van der Waals surface area (Å²) in [5, 5.41) is 8.57. The number of ether oxygens (including phenoxy) is 3. The predicted octanol–water partition coefficient (Wildman–Crippen LogP) is 5.98. The molecule has 0 radical (unpaired) electrons. The number of hydrogen-bond acceptors (Lipinski definition) is 8. The van der Waals surface area contributed by atoms with E-state index in [1.54, 1.807) is 11.8 Å². The molecule has 2 aromatic carbocycles. The van der Waals surface area contributed by atoms with Crippen LogP contribution in [-0.2, 0) is 16.1 Å². The van der Waals surface area contributed by atoms with Gasteiger partial charge in [-0.05, 0) is 58.3 Å². The predicted molar refractivity (Wildman–Crippen MR) is 144 cm³/mol. The van der Waals surface area contributed by atoms with Crippen LogP contribution in [0.1, 0.15) is 44.4 Å². The Morgan fingerprint density at radius 2 is 2.00 bits per heavy atom. The highest BCUT2D eigenvalue weighted by molar-refractivity contribution is 9.10. The number of carbonyl (C=O) groups excluding carboxylic acids is 1. The SMILES string of the molecule is CCCOC(=O)C1=C(C)Nc2nc(SCC)nn2C1c1cc(Br)c(OCc2ccccc2)c(OC)c1. The van der Waals surface area contributed by atoms with Crippen molar-refractivity contribution in [1.29, 1.82) is 0 Å². The quantitative estimate of drug-likeness (QED) is 0.234. The minimum atomic E-state index is -0.558. The molecule has 0 bridgehead atoms. The van der Waals surface area contributed by atoms with E-state index in [0.29, 0.717) is 51.6 Å². The normalized spacial score (nSPS) is 14.8. The van der Waals surface area contributed by atoms with Gasteiger partial charge in [0.1, 0.15) is 12.6 Å². The summed E-state index contributed by atoms with van der Waals surface area (Å²) in [6.07, 6.45) is 0.731. The summed E-state index contributed by atoms with van der Waals surface area (Å²) in [4.78, 5) is 17.8. The lowest BCUT2D eigenvalue weighted by atomic mass is 9.95. The van der Waals surface area contributed by atoms with Crippen molar-refractivity contribution in [2.75, 3.05) is 24.8 Å². The second kappa shape index (κ2) is 11.8. The van der Waals surface area contributed by atoms with Crippen LogP contribution in [-0.4, -0.2) is 40.2 Å². The maximum atomic E-state index is 13.2. The first-order valence-electron chi connectivity index (χ1n) is 11.7. The third kappa shape index (κ3) is 5.54. The van der Waals surface area contributed by atoms with Gasteiger partial charge in [0.15, 0.2) is 11.5 Å². The van der Waals surface area contributed by atoms with E-state index in [9.17, 15) is 4.79 Å². The number of fused-ring (bicyclic) bond motifs is 1. The van der Waals surface area contributed by atoms with E-state index in [1.165, 1.54) is 11.8 Å². The molecule has 4 rings (SSSR count). The fraction of sp³-hybridized carbons (Fsp3) is 0.346. The lowest BCUT2D eigenvalue weighted by Gasteiger charge is -2.28. The van der Waals surface area contributed by atoms with Gasteiger partial charge in [0.25, 0.3) is 0 Å². The first-order valence-corrected chi connectivity index (χ1v) is 13.5. The molecule has 1 N–H and O–H groups in total. The molecular formula is C26H29BrN4O4S. The van der Waals surface area contributed by atoms with Gasteiger partial charge in [0.05, 0.1) is 23.8 Å². The van der Waals surface area contributed by atoms with E-state index < -0.39 is 12.0 Å². The van der Waals surface area contributed by atoms with E-state index in [1.807, 2.05) is 63.2 Å². The lowest BCUT2D eigenvalue weighted by molar-refractivity contribution is -0.139. The maximum absolute atomic E-state index is 13.2. The smallest absolute Gasteiger partial charge is 0.338 e. The summed E-state index contributed by atoms with van der Waals surface area (Å²) in [7, 11) is 1.59. The summed E-state index contributed by atoms with van der Waals surface area (Å²) in [6.45, 7) is 6.58. The summed E-state index contributed by atoms with van der Waals surface area (Å²) in [6, 6.07) is 13.2. The molecular weight excluding hydrogens is 544 g/mol. The van der Waals surface area contributed by atoms with Gasteiger partial charge >= 0.3 is 5.97 Å². The van der Waals surface area contributed by atoms with Gasteiger partial charge in [-0.1, -0.05) is 55.9 Å². The zero-order chi connectivity index (χ0) is 25.7. The van der Waals surface area contributed by atoms with Crippen molar-refractivity contribution >= 4 is 39.6 Å². The summed E-state index contributed by atoms with van der Waals surface area (Å²) in [5.74, 6) is 2.13. The van der Waals surface area contributed by atoms with Gasteiger partial charge in [-0.3, -0.25) is 0 Å². The first kappa shape index (κ1) is 26.1. The van der Waals surface area contributed by atoms with Crippen LogP contribution in [0.15, 0.2) is 63.4 Å². The Balaban J connectivity index is 1.76. The lowest BCUT2D eigenvalue weighted by Crippen LogP contribution is -2.30. The largest absolute Gasteiger partial charge is 0.493 e. The molecule has 0 fully saturated rings. The third-order valence-corrected chi connectivity index (χ3v) is 6.87. The Morgan fingerprint density at radius 3 is 2.69 bits per heavy atom. The van der Waals surface area contributed by atoms with Gasteiger partial charge in [-0.15, -0.1) is 5.10 Å². The molecule has 2 heterocycles. The molecule has 1 atom stereocenters. The zero-order valence-electron chi connectivity index (χ0n) is 20.7. The standard InChI is InChI=1S/C26H29BrN4O4S/c1-5-12-34-24(32)21-16(3)28-25-29-26(36-6-2)30-31(25)22(21)18-13-19(27)23(20(14-18)33-4)35-15-17-10-8-7-9-11-17/h7-11,13-14,22H,5-6,12,15H2,1-4H3,(H,28,29,30). The van der Waals surface area contributed by atoms with Crippen molar-refractivity contribution in [3.63, 3.8) is 0 Å². The van der Waals surface area contributed by atoms with Crippen molar-refractivity contribution in [3.05, 3.63) is 69.3 Å². The van der Waals surface area contributed by atoms with Crippen LogP contribution in [0.3, 0.4) is 0 Å². The topological polar surface area (TPSA) is 87.5 Å². The Morgan fingerprint density at radius 1 is 1.22 bits per heavy atom. The van der Waals surface area contributed by atoms with Crippen LogP contribution in [0, 0.1) is 0 Å². The average Bonchev–Trinajstić information content (AvgIpc) is 3.27. The molecule has 0 aliphatic carbocycles. The van der Waals surface area contributed by atoms with Crippen molar-refractivity contribution < 1.29 is 19.0 Å². The van der Waals surface area contributed by atoms with Crippen LogP contribution in [0.2, 0.25) is 0 Å². The molecule has 8 nitrogen and oxygen atoms in total. The number of halogens is 1. The number of anilines is 1. The second-order valence-corrected chi connectivity index (χ2v) is 10.2. The van der Waals surface area contributed by atoms with Crippen LogP contribution in [0.25, 0.3) is 0 Å². The number of thioether (sulfide) groups is 1. The summed E-state index contributed by atoms with van der Waals surface area (Å²) < 4.78 is 19.8. The zero-order valence-corrected chi connectivity index (χ0v) is 23.1. The fourth-order valence-electron chi connectivity index (χ4n) is 3.93. The molecule has 0 spiro atoms. The average molecular weight is 574 g/mol. The van der Waals surface area contributed by atoms with Crippen molar-refractivity contribution in [2.45, 2.75) is 45.0 Å². The second-order valence-electron chi connectivity index (χ2n) is 8.11. The van der Waals surface area contributed by atoms with Crippen molar-refractivity contribution in [1.82, 2.24) is 14.8 Å². The molecule has 1 aliphatic rings. The Labute approximate surface area is 223 Å². The van der Waals surface area contributed by atoms with Crippen LogP contribution >= 0.6 is 27.7 Å². The third-order valence-electron chi connectivity index (χ3n) is 5.56. The number of aromatic nitrogens is 3. The van der Waals surface area contributed by atoms with E-state index in [4.69, 9.17) is 19.3 Å². The first-order chi connectivity index (χ1) is 17.5. The van der Waals surface area contributed by atoms with Gasteiger partial charge in [0.2, 0.25) is 11.1 Å². The molecule has 36 heavy (non-hydrogen) atoms. The molecule has 1 aromatic heterocycles. The number of carbonyl (C=O) groups is 1. The minimum absolute atomic E-state index is 0.336. The highest BCUT2D eigenvalue weighted by atomic mass is 79.9. The number of esters is 1. The molecule has 0 amide bonds. The summed E-state index contributed by atoms with van der Waals surface area (Å²) >= 11 is 5.20. The number of allylic oxidation sites excluding steroid dienone is 1. The molecule has 3 aromatic rings. The highest BCUT2D eigenvalue weighted by Gasteiger charge is 2.36. The molecule has 10 heteroatoms. The van der Waals surface area contributed by atoms with E-state index in [-0.39, 0.29) is 0 Å². The Bertz CT molecular complexity index is 1260. The number of rotatable bonds is 10. The van der Waals surface area contributed by atoms with Crippen molar-refractivity contribution in [2.24, 2.45) is 0 Å². The van der Waals surface area contributed by atoms with Crippen molar-refractivity contribution in [3.8, 4) is 11.5 Å². The van der Waals surface area contributed by atoms with E-state index >= 15 is 0 Å². The van der Waals surface area contributed by atoms with Gasteiger partial charge in [0, 0.05) is 5.70 Å². The Hall–Kier alpha value is -2.98. The summed E-state index contributed by atoms with van der Waals surface area (Å²) in [5.41, 5.74) is 2.98. The molecule has 1 unspecified atom stereocenters. The maximum Gasteiger partial charge on any atom is 0.338 e. The molecule has 1 aliphatic heterocycles. The van der Waals surface area contributed by atoms with Crippen LogP contribution < -0.4 is 14.8 Å². The number of nitrogens with one attached hydrogen (secondary N) is 1. The highest BCUT2D eigenvalue weighted by Crippen LogP contribution is 2.43. The number of nitrogens with zero attached hydrogens (tertiary/aromatic N) is 3. The number of hydrogen-bond donors (Lipinski definition) is 1. The van der Waals surface area contributed by atoms with E-state index in [0.717, 1.165) is 23.3 Å². The molecule has 0 saturated carbocycles. The molecule has 0 saturated heterocycles. The fourth-order valence-corrected chi connectivity index (χ4v) is 5.06. The number of benzene rings is 2. The minimum Gasteiger partial charge on any atom is -0.493 e. The molecule has 190 valence electrons. The Kier molecular flexibility index (Phi) is 8.58. The van der Waals surface area contributed by atoms with Crippen LogP contribution in [0.5, 0.6) is 11.5 Å². The van der Waals surface area contributed by atoms with Gasteiger partial charge < -0.3 is 19.5 Å². The number of methoxy groups -OCH3 is 1. The van der Waals surface area contributed by atoms with Crippen LogP contribution in [0.4, 0.5) is 5.95 Å². The van der Waals surface area contributed by atoms with Gasteiger partial charge in [-0.25, -0.2) is 9.48 Å².